The normalized spacial score (nSPS) is 25.7. The van der Waals surface area contributed by atoms with Gasteiger partial charge in [0, 0.05) is 32.6 Å². The molecule has 2 saturated heterocycles. The zero-order valence-electron chi connectivity index (χ0n) is 13.3. The number of carbonyl (C=O) groups excluding carboxylic acids is 2. The Morgan fingerprint density at radius 1 is 1.41 bits per heavy atom. The van der Waals surface area contributed by atoms with Gasteiger partial charge in [-0.15, -0.1) is 0 Å². The zero-order valence-corrected chi connectivity index (χ0v) is 13.3. The first kappa shape index (κ1) is 16.7. The number of hydrogen-bond donors (Lipinski definition) is 1. The van der Waals surface area contributed by atoms with Crippen molar-refractivity contribution in [3.63, 3.8) is 0 Å². The minimum absolute atomic E-state index is 0.00466. The van der Waals surface area contributed by atoms with E-state index < -0.39 is 11.9 Å². The molecule has 2 rings (SSSR count). The Morgan fingerprint density at radius 2 is 2.14 bits per heavy atom. The van der Waals surface area contributed by atoms with Crippen LogP contribution in [0.2, 0.25) is 0 Å². The first-order valence-corrected chi connectivity index (χ1v) is 7.91. The van der Waals surface area contributed by atoms with Crippen molar-refractivity contribution in [2.45, 2.75) is 32.2 Å². The number of carbonyl (C=O) groups is 3. The highest BCUT2D eigenvalue weighted by Gasteiger charge is 2.38. The van der Waals surface area contributed by atoms with Crippen LogP contribution in [0.3, 0.4) is 0 Å². The molecular weight excluding hydrogens is 286 g/mol. The van der Waals surface area contributed by atoms with Crippen molar-refractivity contribution in [3.8, 4) is 0 Å². The third-order valence-corrected chi connectivity index (χ3v) is 4.65. The summed E-state index contributed by atoms with van der Waals surface area (Å²) in [6, 6.07) is 0.388. The number of carboxylic acids is 1. The van der Waals surface area contributed by atoms with E-state index in [0.29, 0.717) is 19.1 Å². The Kier molecular flexibility index (Phi) is 5.39. The topological polar surface area (TPSA) is 81.2 Å². The highest BCUT2D eigenvalue weighted by Crippen LogP contribution is 2.24. The van der Waals surface area contributed by atoms with Gasteiger partial charge in [0.1, 0.15) is 6.54 Å². The van der Waals surface area contributed by atoms with Gasteiger partial charge in [-0.3, -0.25) is 19.3 Å². The molecule has 2 fully saturated rings. The van der Waals surface area contributed by atoms with Gasteiger partial charge in [-0.1, -0.05) is 6.92 Å². The summed E-state index contributed by atoms with van der Waals surface area (Å²) in [6.07, 6.45) is 2.45. The second-order valence-corrected chi connectivity index (χ2v) is 6.21. The minimum Gasteiger partial charge on any atom is -0.480 e. The minimum atomic E-state index is -1.04. The van der Waals surface area contributed by atoms with Crippen LogP contribution in [0, 0.1) is 5.92 Å². The van der Waals surface area contributed by atoms with E-state index in [1.165, 1.54) is 11.9 Å². The molecule has 2 aliphatic rings. The second-order valence-electron chi connectivity index (χ2n) is 6.21. The van der Waals surface area contributed by atoms with Crippen LogP contribution in [0.15, 0.2) is 0 Å². The maximum Gasteiger partial charge on any atom is 0.323 e. The van der Waals surface area contributed by atoms with Crippen molar-refractivity contribution < 1.29 is 19.5 Å². The molecule has 0 bridgehead atoms. The van der Waals surface area contributed by atoms with E-state index >= 15 is 0 Å². The van der Waals surface area contributed by atoms with E-state index in [9.17, 15) is 14.4 Å². The molecule has 0 saturated carbocycles. The van der Waals surface area contributed by atoms with Crippen molar-refractivity contribution in [1.29, 1.82) is 0 Å². The monoisotopic (exact) mass is 311 g/mol. The van der Waals surface area contributed by atoms with Crippen molar-refractivity contribution in [3.05, 3.63) is 0 Å². The van der Waals surface area contributed by atoms with E-state index in [2.05, 4.69) is 11.8 Å². The standard InChI is InChI=1S/C15H25N3O4/c1-3-17-6-4-5-12(17)9-18-8-11(7-13(18)19)15(22)16(2)10-14(20)21/h11-12H,3-10H2,1-2H3,(H,20,21). The van der Waals surface area contributed by atoms with Gasteiger partial charge in [0.2, 0.25) is 11.8 Å². The van der Waals surface area contributed by atoms with Gasteiger partial charge in [0.15, 0.2) is 0 Å². The number of amides is 2. The lowest BCUT2D eigenvalue weighted by Gasteiger charge is -2.28. The van der Waals surface area contributed by atoms with Crippen molar-refractivity contribution in [1.82, 2.24) is 14.7 Å². The molecule has 0 aromatic carbocycles. The molecular formula is C15H25N3O4. The van der Waals surface area contributed by atoms with Crippen molar-refractivity contribution >= 4 is 17.8 Å². The first-order valence-electron chi connectivity index (χ1n) is 7.91. The molecule has 124 valence electrons. The lowest BCUT2D eigenvalue weighted by atomic mass is 10.1. The average molecular weight is 311 g/mol. The summed E-state index contributed by atoms with van der Waals surface area (Å²) in [5.74, 6) is -1.70. The molecule has 0 aromatic heterocycles. The smallest absolute Gasteiger partial charge is 0.323 e. The summed E-state index contributed by atoms with van der Waals surface area (Å²) in [5, 5.41) is 8.75. The quantitative estimate of drug-likeness (QED) is 0.738. The van der Waals surface area contributed by atoms with Gasteiger partial charge in [-0.2, -0.15) is 0 Å². The molecule has 7 heteroatoms. The van der Waals surface area contributed by atoms with Crippen LogP contribution in [-0.4, -0.2) is 83.4 Å². The fraction of sp³-hybridized carbons (Fsp3) is 0.800. The number of carboxylic acid groups (broad SMARTS) is 1. The summed E-state index contributed by atoms with van der Waals surface area (Å²) >= 11 is 0. The predicted molar refractivity (Wildman–Crippen MR) is 80.2 cm³/mol. The maximum absolute atomic E-state index is 12.2. The van der Waals surface area contributed by atoms with Gasteiger partial charge in [-0.25, -0.2) is 0 Å². The van der Waals surface area contributed by atoms with Crippen LogP contribution in [0.5, 0.6) is 0 Å². The Bertz CT molecular complexity index is 454. The summed E-state index contributed by atoms with van der Waals surface area (Å²) in [7, 11) is 1.47. The van der Waals surface area contributed by atoms with Crippen LogP contribution < -0.4 is 0 Å². The highest BCUT2D eigenvalue weighted by molar-refractivity contribution is 5.90. The van der Waals surface area contributed by atoms with Gasteiger partial charge in [0.25, 0.3) is 0 Å². The zero-order chi connectivity index (χ0) is 16.3. The molecule has 2 unspecified atom stereocenters. The van der Waals surface area contributed by atoms with Gasteiger partial charge in [-0.05, 0) is 25.9 Å². The highest BCUT2D eigenvalue weighted by atomic mass is 16.4. The van der Waals surface area contributed by atoms with Crippen molar-refractivity contribution in [2.75, 3.05) is 39.8 Å². The molecule has 2 amide bonds. The van der Waals surface area contributed by atoms with Crippen LogP contribution in [0.1, 0.15) is 26.2 Å². The maximum atomic E-state index is 12.2. The summed E-state index contributed by atoms with van der Waals surface area (Å²) in [5.41, 5.74) is 0. The lowest BCUT2D eigenvalue weighted by Crippen LogP contribution is -2.42. The number of aliphatic carboxylic acids is 1. The molecule has 0 spiro atoms. The largest absolute Gasteiger partial charge is 0.480 e. The van der Waals surface area contributed by atoms with E-state index in [0.717, 1.165) is 25.9 Å². The van der Waals surface area contributed by atoms with Crippen LogP contribution >= 0.6 is 0 Å². The number of nitrogens with zero attached hydrogens (tertiary/aromatic N) is 3. The van der Waals surface area contributed by atoms with Gasteiger partial charge < -0.3 is 14.9 Å². The van der Waals surface area contributed by atoms with E-state index in [-0.39, 0.29) is 24.8 Å². The number of likely N-dealkylation sites (N-methyl/N-ethyl adjacent to an activating group) is 2. The summed E-state index contributed by atoms with van der Waals surface area (Å²) < 4.78 is 0. The van der Waals surface area contributed by atoms with E-state index in [4.69, 9.17) is 5.11 Å². The van der Waals surface area contributed by atoms with Gasteiger partial charge in [0.05, 0.1) is 5.92 Å². The number of hydrogen-bond acceptors (Lipinski definition) is 4. The van der Waals surface area contributed by atoms with Gasteiger partial charge >= 0.3 is 5.97 Å². The lowest BCUT2D eigenvalue weighted by molar-refractivity contribution is -0.145. The molecule has 2 atom stereocenters. The first-order chi connectivity index (χ1) is 10.4. The molecule has 22 heavy (non-hydrogen) atoms. The van der Waals surface area contributed by atoms with E-state index in [1.54, 1.807) is 4.90 Å². The molecule has 0 aliphatic carbocycles. The average Bonchev–Trinajstić information content (AvgIpc) is 3.05. The predicted octanol–water partition coefficient (Wildman–Crippen LogP) is -0.138. The van der Waals surface area contributed by atoms with Crippen LogP contribution in [0.25, 0.3) is 0 Å². The van der Waals surface area contributed by atoms with Crippen LogP contribution in [-0.2, 0) is 14.4 Å². The Hall–Kier alpha value is -1.63. The Morgan fingerprint density at radius 3 is 2.77 bits per heavy atom. The summed E-state index contributed by atoms with van der Waals surface area (Å²) in [6.45, 7) is 4.95. The SMILES string of the molecule is CCN1CCCC1CN1CC(C(=O)N(C)CC(=O)O)CC1=O. The molecule has 1 N–H and O–H groups in total. The van der Waals surface area contributed by atoms with Crippen molar-refractivity contribution in [2.24, 2.45) is 5.92 Å². The second kappa shape index (κ2) is 7.09. The number of likely N-dealkylation sites (tertiary alicyclic amines) is 2. The molecule has 2 heterocycles. The molecule has 7 nitrogen and oxygen atoms in total. The Balaban J connectivity index is 1.90. The summed E-state index contributed by atoms with van der Waals surface area (Å²) in [4.78, 5) is 40.4. The molecule has 2 aliphatic heterocycles. The third kappa shape index (κ3) is 3.76. The Labute approximate surface area is 130 Å². The molecule has 0 aromatic rings. The fourth-order valence-corrected chi connectivity index (χ4v) is 3.48. The van der Waals surface area contributed by atoms with E-state index in [1.807, 2.05) is 0 Å². The van der Waals surface area contributed by atoms with Crippen LogP contribution in [0.4, 0.5) is 0 Å². The molecule has 0 radical (unpaired) electrons. The fourth-order valence-electron chi connectivity index (χ4n) is 3.48. The number of rotatable bonds is 6. The third-order valence-electron chi connectivity index (χ3n) is 4.65.